The first-order valence-electron chi connectivity index (χ1n) is 6.17. The van der Waals surface area contributed by atoms with Gasteiger partial charge in [-0.1, -0.05) is 24.4 Å². The average molecular weight is 249 g/mol. The van der Waals surface area contributed by atoms with Crippen LogP contribution in [0, 0.1) is 6.92 Å². The van der Waals surface area contributed by atoms with Crippen molar-refractivity contribution in [2.45, 2.75) is 38.1 Å². The molecule has 2 nitrogen and oxygen atoms in total. The summed E-state index contributed by atoms with van der Waals surface area (Å²) in [6.45, 7) is 2.09. The smallest absolute Gasteiger partial charge is 0.0650 e. The second-order valence-electron chi connectivity index (χ2n) is 5.22. The van der Waals surface area contributed by atoms with Gasteiger partial charge in [0.05, 0.1) is 10.5 Å². The van der Waals surface area contributed by atoms with Crippen LogP contribution in [-0.2, 0) is 5.54 Å². The molecule has 0 atom stereocenters. The molecule has 0 unspecified atom stereocenters. The molecule has 3 N–H and O–H groups in total. The number of hydrogen-bond acceptors (Lipinski definition) is 1. The van der Waals surface area contributed by atoms with Crippen LogP contribution in [0.1, 0.15) is 36.8 Å². The molecule has 0 aliphatic heterocycles. The number of rotatable bonds is 1. The molecule has 0 radical (unpaired) electrons. The Bertz CT molecular complexity index is 565. The average Bonchev–Trinajstić information content (AvgIpc) is 2.88. The fraction of sp³-hybridized carbons (Fsp3) is 0.429. The SMILES string of the molecule is Cc1c[nH]c2c(Cl)cc(C3(N)CCCC3)cc12. The van der Waals surface area contributed by atoms with E-state index >= 15 is 0 Å². The molecule has 0 spiro atoms. The molecule has 90 valence electrons. The molecular formula is C14H17ClN2. The molecule has 1 fully saturated rings. The van der Waals surface area contributed by atoms with Crippen molar-refractivity contribution in [2.24, 2.45) is 5.73 Å². The van der Waals surface area contributed by atoms with Crippen molar-refractivity contribution >= 4 is 22.5 Å². The number of benzene rings is 1. The fourth-order valence-corrected chi connectivity index (χ4v) is 3.18. The highest BCUT2D eigenvalue weighted by molar-refractivity contribution is 6.35. The van der Waals surface area contributed by atoms with Crippen molar-refractivity contribution in [2.75, 3.05) is 0 Å². The number of nitrogens with one attached hydrogen (secondary N) is 1. The van der Waals surface area contributed by atoms with Crippen LogP contribution in [-0.4, -0.2) is 4.98 Å². The van der Waals surface area contributed by atoms with E-state index in [9.17, 15) is 0 Å². The van der Waals surface area contributed by atoms with E-state index < -0.39 is 0 Å². The summed E-state index contributed by atoms with van der Waals surface area (Å²) >= 11 is 6.33. The molecular weight excluding hydrogens is 232 g/mol. The minimum atomic E-state index is -0.165. The molecule has 0 saturated heterocycles. The number of nitrogens with two attached hydrogens (primary N) is 1. The van der Waals surface area contributed by atoms with Crippen molar-refractivity contribution in [3.63, 3.8) is 0 Å². The Morgan fingerprint density at radius 1 is 1.29 bits per heavy atom. The quantitative estimate of drug-likeness (QED) is 0.791. The van der Waals surface area contributed by atoms with E-state index in [-0.39, 0.29) is 5.54 Å². The topological polar surface area (TPSA) is 41.8 Å². The second-order valence-corrected chi connectivity index (χ2v) is 5.62. The van der Waals surface area contributed by atoms with Gasteiger partial charge in [-0.05, 0) is 43.0 Å². The van der Waals surface area contributed by atoms with Gasteiger partial charge in [0.2, 0.25) is 0 Å². The van der Waals surface area contributed by atoms with Crippen molar-refractivity contribution in [3.8, 4) is 0 Å². The molecule has 0 amide bonds. The lowest BCUT2D eigenvalue weighted by molar-refractivity contribution is 0.462. The van der Waals surface area contributed by atoms with E-state index in [4.69, 9.17) is 17.3 Å². The lowest BCUT2D eigenvalue weighted by atomic mass is 9.88. The van der Waals surface area contributed by atoms with Crippen LogP contribution in [0.5, 0.6) is 0 Å². The summed E-state index contributed by atoms with van der Waals surface area (Å²) in [5, 5.41) is 1.98. The van der Waals surface area contributed by atoms with Crippen molar-refractivity contribution in [1.29, 1.82) is 0 Å². The first kappa shape index (κ1) is 11.1. The highest BCUT2D eigenvalue weighted by Gasteiger charge is 2.31. The number of fused-ring (bicyclic) bond motifs is 1. The van der Waals surface area contributed by atoms with Crippen LogP contribution < -0.4 is 5.73 Å². The maximum absolute atomic E-state index is 6.49. The van der Waals surface area contributed by atoms with Crippen LogP contribution >= 0.6 is 11.6 Å². The largest absolute Gasteiger partial charge is 0.360 e. The van der Waals surface area contributed by atoms with Gasteiger partial charge in [-0.2, -0.15) is 0 Å². The summed E-state index contributed by atoms with van der Waals surface area (Å²) < 4.78 is 0. The van der Waals surface area contributed by atoms with Gasteiger partial charge in [0.15, 0.2) is 0 Å². The maximum atomic E-state index is 6.49. The van der Waals surface area contributed by atoms with Gasteiger partial charge in [0.25, 0.3) is 0 Å². The van der Waals surface area contributed by atoms with Gasteiger partial charge in [-0.3, -0.25) is 0 Å². The monoisotopic (exact) mass is 248 g/mol. The first-order chi connectivity index (χ1) is 8.10. The van der Waals surface area contributed by atoms with E-state index in [0.717, 1.165) is 23.4 Å². The van der Waals surface area contributed by atoms with Gasteiger partial charge in [0, 0.05) is 17.1 Å². The minimum Gasteiger partial charge on any atom is -0.360 e. The highest BCUT2D eigenvalue weighted by Crippen LogP contribution is 2.39. The van der Waals surface area contributed by atoms with Gasteiger partial charge in [-0.15, -0.1) is 0 Å². The number of aromatic amines is 1. The zero-order chi connectivity index (χ0) is 12.0. The molecule has 3 heteroatoms. The zero-order valence-electron chi connectivity index (χ0n) is 10.0. The third-order valence-electron chi connectivity index (χ3n) is 4.02. The zero-order valence-corrected chi connectivity index (χ0v) is 10.8. The van der Waals surface area contributed by atoms with Crippen molar-refractivity contribution < 1.29 is 0 Å². The number of aromatic nitrogens is 1. The van der Waals surface area contributed by atoms with E-state index in [0.29, 0.717) is 0 Å². The molecule has 1 aromatic heterocycles. The Labute approximate surface area is 106 Å². The summed E-state index contributed by atoms with van der Waals surface area (Å²) in [5.74, 6) is 0. The van der Waals surface area contributed by atoms with Gasteiger partial charge in [0.1, 0.15) is 0 Å². The van der Waals surface area contributed by atoms with E-state index in [1.165, 1.54) is 29.4 Å². The van der Waals surface area contributed by atoms with Crippen LogP contribution in [0.3, 0.4) is 0 Å². The standard InChI is InChI=1S/C14H17ClN2/c1-9-8-17-13-11(9)6-10(7-12(13)15)14(16)4-2-3-5-14/h6-8,17H,2-5,16H2,1H3. The van der Waals surface area contributed by atoms with E-state index in [1.54, 1.807) is 0 Å². The summed E-state index contributed by atoms with van der Waals surface area (Å²) in [5.41, 5.74) is 9.77. The fourth-order valence-electron chi connectivity index (χ4n) is 2.90. The molecule has 17 heavy (non-hydrogen) atoms. The molecule has 1 heterocycles. The Balaban J connectivity index is 2.20. The molecule has 3 rings (SSSR count). The number of hydrogen-bond donors (Lipinski definition) is 2. The van der Waals surface area contributed by atoms with E-state index in [1.807, 2.05) is 12.3 Å². The van der Waals surface area contributed by atoms with Gasteiger partial charge in [-0.25, -0.2) is 0 Å². The third-order valence-corrected chi connectivity index (χ3v) is 4.32. The first-order valence-corrected chi connectivity index (χ1v) is 6.54. The Morgan fingerprint density at radius 2 is 2.00 bits per heavy atom. The summed E-state index contributed by atoms with van der Waals surface area (Å²) in [7, 11) is 0. The third kappa shape index (κ3) is 1.67. The predicted molar refractivity (Wildman–Crippen MR) is 72.4 cm³/mol. The molecule has 1 saturated carbocycles. The van der Waals surface area contributed by atoms with Crippen LogP contribution in [0.15, 0.2) is 18.3 Å². The number of aryl methyl sites for hydroxylation is 1. The normalized spacial score (nSPS) is 19.0. The Hall–Kier alpha value is -0.990. The van der Waals surface area contributed by atoms with Gasteiger partial charge < -0.3 is 10.7 Å². The number of halogens is 1. The van der Waals surface area contributed by atoms with Crippen molar-refractivity contribution in [3.05, 3.63) is 34.5 Å². The maximum Gasteiger partial charge on any atom is 0.0650 e. The molecule has 1 aromatic carbocycles. The summed E-state index contributed by atoms with van der Waals surface area (Å²) in [4.78, 5) is 3.21. The summed E-state index contributed by atoms with van der Waals surface area (Å²) in [6.07, 6.45) is 6.57. The highest BCUT2D eigenvalue weighted by atomic mass is 35.5. The van der Waals surface area contributed by atoms with Crippen LogP contribution in [0.2, 0.25) is 5.02 Å². The molecule has 1 aliphatic rings. The minimum absolute atomic E-state index is 0.165. The van der Waals surface area contributed by atoms with Crippen molar-refractivity contribution in [1.82, 2.24) is 4.98 Å². The molecule has 1 aliphatic carbocycles. The summed E-state index contributed by atoms with van der Waals surface area (Å²) in [6, 6.07) is 4.24. The Kier molecular flexibility index (Phi) is 2.46. The lowest BCUT2D eigenvalue weighted by Crippen LogP contribution is -2.33. The van der Waals surface area contributed by atoms with Crippen LogP contribution in [0.25, 0.3) is 10.9 Å². The Morgan fingerprint density at radius 3 is 2.71 bits per heavy atom. The lowest BCUT2D eigenvalue weighted by Gasteiger charge is -2.24. The molecule has 2 aromatic rings. The van der Waals surface area contributed by atoms with E-state index in [2.05, 4.69) is 18.0 Å². The predicted octanol–water partition coefficient (Wildman–Crippen LogP) is 3.86. The van der Waals surface area contributed by atoms with Gasteiger partial charge >= 0.3 is 0 Å². The second kappa shape index (κ2) is 3.76. The number of H-pyrrole nitrogens is 1. The molecule has 0 bridgehead atoms. The van der Waals surface area contributed by atoms with Crippen LogP contribution in [0.4, 0.5) is 0 Å².